The number of amides is 1. The average molecular weight is 311 g/mol. The average Bonchev–Trinajstić information content (AvgIpc) is 3.21. The summed E-state index contributed by atoms with van der Waals surface area (Å²) in [6.45, 7) is 9.76. The van der Waals surface area contributed by atoms with Crippen molar-refractivity contribution in [1.82, 2.24) is 15.1 Å². The highest BCUT2D eigenvalue weighted by molar-refractivity contribution is 5.69. The standard InChI is InChI=1S/C17H33N3O2/c1-17(2,3)22-16(21)20(15-7-8-15)13-10-18-14-6-5-11-19(4)12-9-14/h14-15,18H,5-13H2,1-4H3. The minimum absolute atomic E-state index is 0.155. The van der Waals surface area contributed by atoms with E-state index in [0.717, 1.165) is 32.5 Å². The van der Waals surface area contributed by atoms with Crippen LogP contribution in [0.4, 0.5) is 4.79 Å². The van der Waals surface area contributed by atoms with E-state index in [9.17, 15) is 4.79 Å². The van der Waals surface area contributed by atoms with Crippen molar-refractivity contribution in [1.29, 1.82) is 0 Å². The van der Waals surface area contributed by atoms with Crippen LogP contribution in [0.15, 0.2) is 0 Å². The fourth-order valence-electron chi connectivity index (χ4n) is 2.96. The van der Waals surface area contributed by atoms with Gasteiger partial charge in [-0.15, -0.1) is 0 Å². The highest BCUT2D eigenvalue weighted by Gasteiger charge is 2.34. The fourth-order valence-corrected chi connectivity index (χ4v) is 2.96. The maximum absolute atomic E-state index is 12.3. The highest BCUT2D eigenvalue weighted by atomic mass is 16.6. The van der Waals surface area contributed by atoms with E-state index in [1.165, 1.54) is 25.8 Å². The van der Waals surface area contributed by atoms with Crippen molar-refractivity contribution < 1.29 is 9.53 Å². The molecular formula is C17H33N3O2. The van der Waals surface area contributed by atoms with Crippen molar-refractivity contribution in [2.75, 3.05) is 33.2 Å². The molecule has 1 saturated heterocycles. The lowest BCUT2D eigenvalue weighted by molar-refractivity contribution is 0.0234. The molecule has 1 N–H and O–H groups in total. The van der Waals surface area contributed by atoms with Crippen LogP contribution in [0.3, 0.4) is 0 Å². The van der Waals surface area contributed by atoms with Gasteiger partial charge in [-0.1, -0.05) is 0 Å². The Morgan fingerprint density at radius 2 is 1.95 bits per heavy atom. The summed E-state index contributed by atoms with van der Waals surface area (Å²) in [5.41, 5.74) is -0.413. The molecule has 0 aromatic rings. The highest BCUT2D eigenvalue weighted by Crippen LogP contribution is 2.28. The zero-order valence-corrected chi connectivity index (χ0v) is 14.7. The van der Waals surface area contributed by atoms with Crippen molar-refractivity contribution in [2.24, 2.45) is 0 Å². The molecule has 22 heavy (non-hydrogen) atoms. The lowest BCUT2D eigenvalue weighted by Gasteiger charge is -2.28. The van der Waals surface area contributed by atoms with E-state index >= 15 is 0 Å². The van der Waals surface area contributed by atoms with Gasteiger partial charge in [-0.3, -0.25) is 0 Å². The Hall–Kier alpha value is -0.810. The maximum atomic E-state index is 12.3. The topological polar surface area (TPSA) is 44.8 Å². The molecule has 1 saturated carbocycles. The van der Waals surface area contributed by atoms with Crippen LogP contribution >= 0.6 is 0 Å². The Morgan fingerprint density at radius 1 is 1.23 bits per heavy atom. The fraction of sp³-hybridized carbons (Fsp3) is 0.941. The van der Waals surface area contributed by atoms with E-state index in [1.807, 2.05) is 25.7 Å². The van der Waals surface area contributed by atoms with Crippen LogP contribution in [0.5, 0.6) is 0 Å². The van der Waals surface area contributed by atoms with E-state index in [2.05, 4.69) is 17.3 Å². The molecule has 1 aliphatic heterocycles. The summed E-state index contributed by atoms with van der Waals surface area (Å²) in [5, 5.41) is 3.64. The molecule has 5 nitrogen and oxygen atoms in total. The van der Waals surface area contributed by atoms with Gasteiger partial charge >= 0.3 is 6.09 Å². The number of ether oxygens (including phenoxy) is 1. The third-order valence-corrected chi connectivity index (χ3v) is 4.35. The number of nitrogens with zero attached hydrogens (tertiary/aromatic N) is 2. The lowest BCUT2D eigenvalue weighted by atomic mass is 10.1. The molecule has 0 spiro atoms. The van der Waals surface area contributed by atoms with Crippen LogP contribution in [0.25, 0.3) is 0 Å². The largest absolute Gasteiger partial charge is 0.444 e. The number of carbonyl (C=O) groups is 1. The third kappa shape index (κ3) is 6.13. The molecule has 2 rings (SSSR count). The Balaban J connectivity index is 1.74. The Kier molecular flexibility index (Phi) is 6.09. The Morgan fingerprint density at radius 3 is 2.59 bits per heavy atom. The monoisotopic (exact) mass is 311 g/mol. The van der Waals surface area contributed by atoms with Crippen LogP contribution in [0, 0.1) is 0 Å². The van der Waals surface area contributed by atoms with Crippen molar-refractivity contribution in [3.8, 4) is 0 Å². The molecule has 1 atom stereocenters. The number of carbonyl (C=O) groups excluding carboxylic acids is 1. The first kappa shape index (κ1) is 17.5. The first-order valence-corrected chi connectivity index (χ1v) is 8.77. The van der Waals surface area contributed by atoms with Crippen LogP contribution < -0.4 is 5.32 Å². The molecule has 5 heteroatoms. The zero-order chi connectivity index (χ0) is 16.2. The summed E-state index contributed by atoms with van der Waals surface area (Å²) in [7, 11) is 2.19. The third-order valence-electron chi connectivity index (χ3n) is 4.35. The van der Waals surface area contributed by atoms with Crippen LogP contribution in [-0.4, -0.2) is 66.8 Å². The molecule has 1 aliphatic carbocycles. The van der Waals surface area contributed by atoms with Gasteiger partial charge in [0.15, 0.2) is 0 Å². The van der Waals surface area contributed by atoms with Gasteiger partial charge in [0.05, 0.1) is 0 Å². The second-order valence-electron chi connectivity index (χ2n) is 7.79. The summed E-state index contributed by atoms with van der Waals surface area (Å²) in [4.78, 5) is 16.6. The van der Waals surface area contributed by atoms with Gasteiger partial charge in [0.25, 0.3) is 0 Å². The van der Waals surface area contributed by atoms with E-state index in [1.54, 1.807) is 0 Å². The first-order chi connectivity index (χ1) is 10.3. The molecule has 0 aromatic heterocycles. The predicted molar refractivity (Wildman–Crippen MR) is 89.1 cm³/mol. The van der Waals surface area contributed by atoms with E-state index in [-0.39, 0.29) is 6.09 Å². The maximum Gasteiger partial charge on any atom is 0.410 e. The number of likely N-dealkylation sites (tertiary alicyclic amines) is 1. The number of rotatable bonds is 5. The van der Waals surface area contributed by atoms with Crippen molar-refractivity contribution in [3.63, 3.8) is 0 Å². The molecular weight excluding hydrogens is 278 g/mol. The summed E-state index contributed by atoms with van der Waals surface area (Å²) >= 11 is 0. The van der Waals surface area contributed by atoms with Gasteiger partial charge in [-0.25, -0.2) is 4.79 Å². The minimum atomic E-state index is -0.413. The minimum Gasteiger partial charge on any atom is -0.444 e. The zero-order valence-electron chi connectivity index (χ0n) is 14.7. The molecule has 0 radical (unpaired) electrons. The van der Waals surface area contributed by atoms with Crippen LogP contribution in [0.2, 0.25) is 0 Å². The molecule has 0 bridgehead atoms. The summed E-state index contributed by atoms with van der Waals surface area (Å²) < 4.78 is 5.53. The number of hydrogen-bond acceptors (Lipinski definition) is 4. The van der Waals surface area contributed by atoms with Gasteiger partial charge in [0, 0.05) is 25.2 Å². The molecule has 2 fully saturated rings. The van der Waals surface area contributed by atoms with Gasteiger partial charge in [-0.2, -0.15) is 0 Å². The Labute approximate surface area is 135 Å². The molecule has 1 unspecified atom stereocenters. The summed E-state index contributed by atoms with van der Waals surface area (Å²) in [5.74, 6) is 0. The molecule has 0 aromatic carbocycles. The second-order valence-corrected chi connectivity index (χ2v) is 7.79. The SMILES string of the molecule is CN1CCCC(NCCN(C(=O)OC(C)(C)C)C2CC2)CC1. The first-order valence-electron chi connectivity index (χ1n) is 8.77. The molecule has 2 aliphatic rings. The van der Waals surface area contributed by atoms with Crippen molar-refractivity contribution in [3.05, 3.63) is 0 Å². The molecule has 128 valence electrons. The van der Waals surface area contributed by atoms with Crippen molar-refractivity contribution in [2.45, 2.75) is 70.6 Å². The lowest BCUT2D eigenvalue weighted by Crippen LogP contribution is -2.43. The normalized spacial score (nSPS) is 23.9. The Bertz CT molecular complexity index is 363. The van der Waals surface area contributed by atoms with E-state index in [4.69, 9.17) is 4.74 Å². The summed E-state index contributed by atoms with van der Waals surface area (Å²) in [6.07, 6.45) is 5.78. The van der Waals surface area contributed by atoms with Crippen LogP contribution in [0.1, 0.15) is 52.9 Å². The van der Waals surface area contributed by atoms with Crippen LogP contribution in [-0.2, 0) is 4.74 Å². The number of nitrogens with one attached hydrogen (secondary N) is 1. The molecule has 1 amide bonds. The van der Waals surface area contributed by atoms with Gasteiger partial charge in [-0.05, 0) is 73.0 Å². The molecule has 1 heterocycles. The predicted octanol–water partition coefficient (Wildman–Crippen LogP) is 2.46. The van der Waals surface area contributed by atoms with Gasteiger partial charge in [0.1, 0.15) is 5.60 Å². The van der Waals surface area contributed by atoms with Crippen molar-refractivity contribution >= 4 is 6.09 Å². The second kappa shape index (κ2) is 7.64. The van der Waals surface area contributed by atoms with Gasteiger partial charge < -0.3 is 19.9 Å². The van der Waals surface area contributed by atoms with E-state index < -0.39 is 5.60 Å². The number of hydrogen-bond donors (Lipinski definition) is 1. The van der Waals surface area contributed by atoms with E-state index in [0.29, 0.717) is 12.1 Å². The summed E-state index contributed by atoms with van der Waals surface area (Å²) in [6, 6.07) is 0.988. The smallest absolute Gasteiger partial charge is 0.410 e. The van der Waals surface area contributed by atoms with Gasteiger partial charge in [0.2, 0.25) is 0 Å². The quantitative estimate of drug-likeness (QED) is 0.847.